The molecule has 7 heteroatoms. The SMILES string of the molecule is CC(=O)NCCSc1nc2ccccc2c(=O)n1Cc1ccccc1Cl. The maximum Gasteiger partial charge on any atom is 0.262 e. The third-order valence-corrected chi connectivity index (χ3v) is 5.17. The number of rotatable bonds is 6. The van der Waals surface area contributed by atoms with E-state index in [2.05, 4.69) is 10.3 Å². The summed E-state index contributed by atoms with van der Waals surface area (Å²) in [6, 6.07) is 14.7. The van der Waals surface area contributed by atoms with Gasteiger partial charge in [-0.2, -0.15) is 0 Å². The van der Waals surface area contributed by atoms with Gasteiger partial charge in [0.25, 0.3) is 5.56 Å². The Morgan fingerprint density at radius 1 is 1.19 bits per heavy atom. The molecule has 2 aromatic carbocycles. The van der Waals surface area contributed by atoms with Crippen molar-refractivity contribution >= 4 is 40.2 Å². The summed E-state index contributed by atoms with van der Waals surface area (Å²) in [6.07, 6.45) is 0. The molecule has 0 saturated carbocycles. The van der Waals surface area contributed by atoms with E-state index in [9.17, 15) is 9.59 Å². The van der Waals surface area contributed by atoms with Gasteiger partial charge in [-0.25, -0.2) is 4.98 Å². The fraction of sp³-hybridized carbons (Fsp3) is 0.211. The second-order valence-electron chi connectivity index (χ2n) is 5.73. The number of hydrogen-bond acceptors (Lipinski definition) is 4. The Morgan fingerprint density at radius 2 is 1.92 bits per heavy atom. The maximum absolute atomic E-state index is 13.0. The lowest BCUT2D eigenvalue weighted by molar-refractivity contribution is -0.118. The molecule has 1 N–H and O–H groups in total. The summed E-state index contributed by atoms with van der Waals surface area (Å²) >= 11 is 7.71. The Labute approximate surface area is 160 Å². The first kappa shape index (κ1) is 18.5. The third kappa shape index (κ3) is 4.26. The summed E-state index contributed by atoms with van der Waals surface area (Å²) in [6.45, 7) is 2.33. The molecule has 3 aromatic rings. The molecule has 3 rings (SSSR count). The molecule has 0 aliphatic rings. The number of amides is 1. The Hall–Kier alpha value is -2.31. The number of benzene rings is 2. The van der Waals surface area contributed by atoms with Gasteiger partial charge in [0.2, 0.25) is 5.91 Å². The summed E-state index contributed by atoms with van der Waals surface area (Å²) in [5.74, 6) is 0.540. The lowest BCUT2D eigenvalue weighted by Crippen LogP contribution is -2.25. The molecule has 0 saturated heterocycles. The van der Waals surface area contributed by atoms with Crippen LogP contribution in [0.2, 0.25) is 5.02 Å². The first-order valence-corrected chi connectivity index (χ1v) is 9.53. The molecule has 0 aliphatic heterocycles. The van der Waals surface area contributed by atoms with Crippen molar-refractivity contribution < 1.29 is 4.79 Å². The van der Waals surface area contributed by atoms with Gasteiger partial charge in [0, 0.05) is 24.2 Å². The number of carbonyl (C=O) groups is 1. The predicted molar refractivity (Wildman–Crippen MR) is 106 cm³/mol. The molecule has 0 spiro atoms. The first-order chi connectivity index (χ1) is 12.6. The van der Waals surface area contributed by atoms with Gasteiger partial charge in [0.05, 0.1) is 17.4 Å². The van der Waals surface area contributed by atoms with Gasteiger partial charge < -0.3 is 5.32 Å². The molecule has 1 amide bonds. The monoisotopic (exact) mass is 387 g/mol. The zero-order valence-corrected chi connectivity index (χ0v) is 15.8. The number of halogens is 1. The zero-order chi connectivity index (χ0) is 18.5. The highest BCUT2D eigenvalue weighted by molar-refractivity contribution is 7.99. The third-order valence-electron chi connectivity index (χ3n) is 3.82. The molecule has 0 radical (unpaired) electrons. The van der Waals surface area contributed by atoms with Crippen molar-refractivity contribution in [2.24, 2.45) is 0 Å². The van der Waals surface area contributed by atoms with E-state index in [0.717, 1.165) is 5.56 Å². The first-order valence-electron chi connectivity index (χ1n) is 8.16. The van der Waals surface area contributed by atoms with E-state index < -0.39 is 0 Å². The Bertz CT molecular complexity index is 1000. The van der Waals surface area contributed by atoms with Gasteiger partial charge in [-0.05, 0) is 23.8 Å². The van der Waals surface area contributed by atoms with Gasteiger partial charge in [0.15, 0.2) is 5.16 Å². The van der Waals surface area contributed by atoms with Crippen LogP contribution in [-0.4, -0.2) is 27.8 Å². The maximum atomic E-state index is 13.0. The van der Waals surface area contributed by atoms with E-state index in [1.165, 1.54) is 18.7 Å². The van der Waals surface area contributed by atoms with Gasteiger partial charge in [-0.1, -0.05) is 53.7 Å². The number of fused-ring (bicyclic) bond motifs is 1. The zero-order valence-electron chi connectivity index (χ0n) is 14.2. The highest BCUT2D eigenvalue weighted by Gasteiger charge is 2.13. The lowest BCUT2D eigenvalue weighted by Gasteiger charge is -2.14. The molecule has 1 aromatic heterocycles. The second-order valence-corrected chi connectivity index (χ2v) is 7.19. The van der Waals surface area contributed by atoms with E-state index in [-0.39, 0.29) is 11.5 Å². The molecular weight excluding hydrogens is 370 g/mol. The number of para-hydroxylation sites is 1. The largest absolute Gasteiger partial charge is 0.356 e. The Morgan fingerprint density at radius 3 is 2.69 bits per heavy atom. The standard InChI is InChI=1S/C19H18ClN3O2S/c1-13(24)21-10-11-26-19-22-17-9-5-3-7-15(17)18(25)23(19)12-14-6-2-4-8-16(14)20/h2-9H,10-12H2,1H3,(H,21,24). The fourth-order valence-corrected chi connectivity index (χ4v) is 3.61. The predicted octanol–water partition coefficient (Wildman–Crippen LogP) is 3.33. The minimum Gasteiger partial charge on any atom is -0.356 e. The lowest BCUT2D eigenvalue weighted by atomic mass is 10.2. The van der Waals surface area contributed by atoms with E-state index in [1.807, 2.05) is 36.4 Å². The van der Waals surface area contributed by atoms with E-state index in [1.54, 1.807) is 16.7 Å². The number of aromatic nitrogens is 2. The molecular formula is C19H18ClN3O2S. The van der Waals surface area contributed by atoms with Crippen molar-refractivity contribution in [1.29, 1.82) is 0 Å². The van der Waals surface area contributed by atoms with Crippen LogP contribution in [0.3, 0.4) is 0 Å². The van der Waals surface area contributed by atoms with Crippen LogP contribution in [0.25, 0.3) is 10.9 Å². The van der Waals surface area contributed by atoms with E-state index >= 15 is 0 Å². The van der Waals surface area contributed by atoms with Crippen LogP contribution >= 0.6 is 23.4 Å². The molecule has 26 heavy (non-hydrogen) atoms. The molecule has 0 atom stereocenters. The van der Waals surface area contributed by atoms with Crippen LogP contribution in [0, 0.1) is 0 Å². The normalized spacial score (nSPS) is 10.8. The number of nitrogens with zero attached hydrogens (tertiary/aromatic N) is 2. The van der Waals surface area contributed by atoms with Crippen molar-refractivity contribution in [2.75, 3.05) is 12.3 Å². The molecule has 0 fully saturated rings. The van der Waals surface area contributed by atoms with Crippen molar-refractivity contribution in [3.8, 4) is 0 Å². The summed E-state index contributed by atoms with van der Waals surface area (Å²) < 4.78 is 1.64. The average molecular weight is 388 g/mol. The molecule has 1 heterocycles. The highest BCUT2D eigenvalue weighted by Crippen LogP contribution is 2.21. The van der Waals surface area contributed by atoms with Crippen LogP contribution in [-0.2, 0) is 11.3 Å². The van der Waals surface area contributed by atoms with E-state index in [0.29, 0.717) is 39.9 Å². The molecule has 5 nitrogen and oxygen atoms in total. The average Bonchev–Trinajstić information content (AvgIpc) is 2.63. The summed E-state index contributed by atoms with van der Waals surface area (Å²) in [7, 11) is 0. The number of carbonyl (C=O) groups excluding carboxylic acids is 1. The number of nitrogens with one attached hydrogen (secondary N) is 1. The fourth-order valence-electron chi connectivity index (χ4n) is 2.56. The molecule has 0 unspecified atom stereocenters. The second kappa shape index (κ2) is 8.38. The summed E-state index contributed by atoms with van der Waals surface area (Å²) in [5, 5.41) is 4.55. The van der Waals surface area contributed by atoms with Gasteiger partial charge in [-0.3, -0.25) is 14.2 Å². The van der Waals surface area contributed by atoms with Crippen molar-refractivity contribution in [2.45, 2.75) is 18.6 Å². The number of thioether (sulfide) groups is 1. The molecule has 134 valence electrons. The Balaban J connectivity index is 1.99. The van der Waals surface area contributed by atoms with Gasteiger partial charge in [-0.15, -0.1) is 0 Å². The van der Waals surface area contributed by atoms with Crippen molar-refractivity contribution in [3.63, 3.8) is 0 Å². The summed E-state index contributed by atoms with van der Waals surface area (Å²) in [5.41, 5.74) is 1.42. The van der Waals surface area contributed by atoms with Crippen molar-refractivity contribution in [3.05, 3.63) is 69.5 Å². The van der Waals surface area contributed by atoms with Crippen LogP contribution in [0.4, 0.5) is 0 Å². The minimum absolute atomic E-state index is 0.0782. The smallest absolute Gasteiger partial charge is 0.262 e. The van der Waals surface area contributed by atoms with Crippen LogP contribution in [0.5, 0.6) is 0 Å². The Kier molecular flexibility index (Phi) is 5.96. The quantitative estimate of drug-likeness (QED) is 0.400. The van der Waals surface area contributed by atoms with E-state index in [4.69, 9.17) is 11.6 Å². The van der Waals surface area contributed by atoms with Crippen molar-refractivity contribution in [1.82, 2.24) is 14.9 Å². The topological polar surface area (TPSA) is 64.0 Å². The molecule has 0 bridgehead atoms. The van der Waals surface area contributed by atoms with Gasteiger partial charge >= 0.3 is 0 Å². The van der Waals surface area contributed by atoms with Gasteiger partial charge in [0.1, 0.15) is 0 Å². The minimum atomic E-state index is -0.0995. The van der Waals surface area contributed by atoms with Crippen LogP contribution in [0.15, 0.2) is 58.5 Å². The summed E-state index contributed by atoms with van der Waals surface area (Å²) in [4.78, 5) is 28.7. The van der Waals surface area contributed by atoms with Crippen LogP contribution in [0.1, 0.15) is 12.5 Å². The molecule has 0 aliphatic carbocycles. The highest BCUT2D eigenvalue weighted by atomic mass is 35.5. The van der Waals surface area contributed by atoms with Crippen LogP contribution < -0.4 is 10.9 Å². The number of hydrogen-bond donors (Lipinski definition) is 1.